The van der Waals surface area contributed by atoms with Crippen LogP contribution in [0.25, 0.3) is 0 Å². The molecule has 2 saturated heterocycles. The summed E-state index contributed by atoms with van der Waals surface area (Å²) in [4.78, 5) is 26.7. The van der Waals surface area contributed by atoms with E-state index in [1.807, 2.05) is 4.90 Å². The highest BCUT2D eigenvalue weighted by Crippen LogP contribution is 2.29. The second-order valence-corrected chi connectivity index (χ2v) is 5.33. The van der Waals surface area contributed by atoms with Gasteiger partial charge in [0.25, 0.3) is 0 Å². The topological polar surface area (TPSA) is 72.9 Å². The number of piperazine rings is 1. The molecular formula is C13H14ClN3O3. The molecule has 1 aromatic rings. The number of amides is 2. The number of hydrogen-bond acceptors (Lipinski definition) is 3. The first-order valence-electron chi connectivity index (χ1n) is 6.39. The average Bonchev–Trinajstić information content (AvgIpc) is 2.79. The van der Waals surface area contributed by atoms with Gasteiger partial charge in [-0.25, -0.2) is 9.59 Å². The van der Waals surface area contributed by atoms with Crippen LogP contribution in [0.4, 0.5) is 10.5 Å². The van der Waals surface area contributed by atoms with Crippen LogP contribution < -0.4 is 10.2 Å². The lowest BCUT2D eigenvalue weighted by Gasteiger charge is -2.38. The van der Waals surface area contributed by atoms with E-state index in [1.165, 1.54) is 0 Å². The molecule has 0 aliphatic carbocycles. The maximum absolute atomic E-state index is 11.6. The minimum Gasteiger partial charge on any atom is -0.478 e. The second kappa shape index (κ2) is 4.86. The molecule has 2 fully saturated rings. The Balaban J connectivity index is 1.89. The van der Waals surface area contributed by atoms with Gasteiger partial charge in [-0.15, -0.1) is 0 Å². The predicted molar refractivity (Wildman–Crippen MR) is 74.5 cm³/mol. The van der Waals surface area contributed by atoms with Crippen LogP contribution >= 0.6 is 11.6 Å². The average molecular weight is 296 g/mol. The molecule has 0 bridgehead atoms. The van der Waals surface area contributed by atoms with E-state index in [2.05, 4.69) is 5.32 Å². The Bertz CT molecular complexity index is 578. The van der Waals surface area contributed by atoms with Gasteiger partial charge in [0.05, 0.1) is 16.8 Å². The van der Waals surface area contributed by atoms with Crippen molar-refractivity contribution >= 4 is 29.3 Å². The van der Waals surface area contributed by atoms with Crippen LogP contribution in [0.5, 0.6) is 0 Å². The standard InChI is InChI=1S/C13H14ClN3O3/c14-9-2-1-3-10(11(9)12(18)19)16-4-5-17-8(7-16)6-15-13(17)20/h1-3,8H,4-7H2,(H,15,20)(H,18,19). The Morgan fingerprint density at radius 3 is 2.95 bits per heavy atom. The van der Waals surface area contributed by atoms with Crippen molar-refractivity contribution in [1.82, 2.24) is 10.2 Å². The summed E-state index contributed by atoms with van der Waals surface area (Å²) >= 11 is 5.99. The van der Waals surface area contributed by atoms with E-state index in [0.29, 0.717) is 31.9 Å². The first-order chi connectivity index (χ1) is 9.58. The number of nitrogens with one attached hydrogen (secondary N) is 1. The molecule has 3 rings (SSSR count). The molecule has 0 radical (unpaired) electrons. The lowest BCUT2D eigenvalue weighted by Crippen LogP contribution is -2.52. The van der Waals surface area contributed by atoms with Crippen LogP contribution in [0.15, 0.2) is 18.2 Å². The van der Waals surface area contributed by atoms with Gasteiger partial charge < -0.3 is 20.2 Å². The van der Waals surface area contributed by atoms with E-state index in [1.54, 1.807) is 23.1 Å². The molecule has 1 atom stereocenters. The highest BCUT2D eigenvalue weighted by molar-refractivity contribution is 6.34. The number of hydrogen-bond donors (Lipinski definition) is 2. The van der Waals surface area contributed by atoms with Crippen molar-refractivity contribution in [1.29, 1.82) is 0 Å². The fourth-order valence-corrected chi connectivity index (χ4v) is 3.06. The minimum atomic E-state index is -1.03. The van der Waals surface area contributed by atoms with Crippen LogP contribution in [0, 0.1) is 0 Å². The molecule has 7 heteroatoms. The molecule has 6 nitrogen and oxygen atoms in total. The fourth-order valence-electron chi connectivity index (χ4n) is 2.81. The van der Waals surface area contributed by atoms with Crippen LogP contribution in [-0.4, -0.2) is 54.2 Å². The van der Waals surface area contributed by atoms with Gasteiger partial charge in [-0.1, -0.05) is 17.7 Å². The van der Waals surface area contributed by atoms with Crippen LogP contribution in [0.2, 0.25) is 5.02 Å². The lowest BCUT2D eigenvalue weighted by molar-refractivity contribution is 0.0697. The van der Waals surface area contributed by atoms with Gasteiger partial charge in [-0.05, 0) is 12.1 Å². The van der Waals surface area contributed by atoms with E-state index in [9.17, 15) is 14.7 Å². The van der Waals surface area contributed by atoms with Gasteiger partial charge >= 0.3 is 12.0 Å². The molecule has 2 amide bonds. The number of carboxylic acid groups (broad SMARTS) is 1. The number of carbonyl (C=O) groups is 2. The molecule has 1 aromatic carbocycles. The summed E-state index contributed by atoms with van der Waals surface area (Å²) in [6.45, 7) is 2.39. The predicted octanol–water partition coefficient (Wildman–Crippen LogP) is 1.25. The molecule has 2 N–H and O–H groups in total. The number of benzene rings is 1. The monoisotopic (exact) mass is 295 g/mol. The third-order valence-corrected chi connectivity index (χ3v) is 4.09. The SMILES string of the molecule is O=C(O)c1c(Cl)cccc1N1CCN2C(=O)NCC2C1. The lowest BCUT2D eigenvalue weighted by atomic mass is 10.1. The fraction of sp³-hybridized carbons (Fsp3) is 0.385. The Labute approximate surface area is 120 Å². The van der Waals surface area contributed by atoms with Crippen molar-refractivity contribution < 1.29 is 14.7 Å². The summed E-state index contributed by atoms with van der Waals surface area (Å²) in [7, 11) is 0. The van der Waals surface area contributed by atoms with Gasteiger partial charge in [0, 0.05) is 26.2 Å². The zero-order valence-electron chi connectivity index (χ0n) is 10.7. The van der Waals surface area contributed by atoms with E-state index in [-0.39, 0.29) is 22.7 Å². The molecule has 0 spiro atoms. The van der Waals surface area contributed by atoms with Crippen molar-refractivity contribution in [2.45, 2.75) is 6.04 Å². The Morgan fingerprint density at radius 1 is 1.40 bits per heavy atom. The van der Waals surface area contributed by atoms with Crippen LogP contribution in [0.3, 0.4) is 0 Å². The molecular weight excluding hydrogens is 282 g/mol. The number of aromatic carboxylic acids is 1. The Kier molecular flexibility index (Phi) is 3.17. The molecule has 0 saturated carbocycles. The van der Waals surface area contributed by atoms with Crippen molar-refractivity contribution in [3.63, 3.8) is 0 Å². The van der Waals surface area contributed by atoms with E-state index < -0.39 is 5.97 Å². The molecule has 2 aliphatic rings. The van der Waals surface area contributed by atoms with Crippen molar-refractivity contribution in [2.75, 3.05) is 31.1 Å². The van der Waals surface area contributed by atoms with Gasteiger partial charge in [0.2, 0.25) is 0 Å². The maximum atomic E-state index is 11.6. The third kappa shape index (κ3) is 2.06. The molecule has 1 unspecified atom stereocenters. The maximum Gasteiger partial charge on any atom is 0.339 e. The van der Waals surface area contributed by atoms with Gasteiger partial charge in [-0.3, -0.25) is 0 Å². The zero-order valence-corrected chi connectivity index (χ0v) is 11.4. The number of urea groups is 1. The van der Waals surface area contributed by atoms with Crippen molar-refractivity contribution in [2.24, 2.45) is 0 Å². The van der Waals surface area contributed by atoms with E-state index in [4.69, 9.17) is 11.6 Å². The van der Waals surface area contributed by atoms with Gasteiger partial charge in [0.15, 0.2) is 0 Å². The van der Waals surface area contributed by atoms with Gasteiger partial charge in [-0.2, -0.15) is 0 Å². The van der Waals surface area contributed by atoms with Crippen molar-refractivity contribution in [3.05, 3.63) is 28.8 Å². The number of rotatable bonds is 2. The van der Waals surface area contributed by atoms with Gasteiger partial charge in [0.1, 0.15) is 5.56 Å². The number of anilines is 1. The molecule has 20 heavy (non-hydrogen) atoms. The normalized spacial score (nSPS) is 21.6. The summed E-state index contributed by atoms with van der Waals surface area (Å²) in [6.07, 6.45) is 0. The van der Waals surface area contributed by atoms with Crippen LogP contribution in [0.1, 0.15) is 10.4 Å². The number of halogens is 1. The summed E-state index contributed by atoms with van der Waals surface area (Å²) in [5.41, 5.74) is 0.740. The van der Waals surface area contributed by atoms with E-state index >= 15 is 0 Å². The number of nitrogens with zero attached hydrogens (tertiary/aromatic N) is 2. The molecule has 106 valence electrons. The number of carboxylic acids is 1. The summed E-state index contributed by atoms with van der Waals surface area (Å²) < 4.78 is 0. The quantitative estimate of drug-likeness (QED) is 0.861. The summed E-state index contributed by atoms with van der Waals surface area (Å²) in [5, 5.41) is 12.4. The minimum absolute atomic E-state index is 0.0424. The first-order valence-corrected chi connectivity index (χ1v) is 6.77. The number of fused-ring (bicyclic) bond motifs is 1. The Hall–Kier alpha value is -1.95. The van der Waals surface area contributed by atoms with Crippen molar-refractivity contribution in [3.8, 4) is 0 Å². The number of carbonyl (C=O) groups excluding carboxylic acids is 1. The first kappa shape index (κ1) is 13.1. The largest absolute Gasteiger partial charge is 0.478 e. The van der Waals surface area contributed by atoms with E-state index in [0.717, 1.165) is 0 Å². The third-order valence-electron chi connectivity index (χ3n) is 3.78. The molecule has 0 aromatic heterocycles. The highest BCUT2D eigenvalue weighted by Gasteiger charge is 2.36. The smallest absolute Gasteiger partial charge is 0.339 e. The molecule has 2 heterocycles. The summed E-state index contributed by atoms with van der Waals surface area (Å²) in [5.74, 6) is -1.03. The second-order valence-electron chi connectivity index (χ2n) is 4.92. The zero-order chi connectivity index (χ0) is 14.3. The Morgan fingerprint density at radius 2 is 2.20 bits per heavy atom. The van der Waals surface area contributed by atoms with Crippen LogP contribution in [-0.2, 0) is 0 Å². The highest BCUT2D eigenvalue weighted by atomic mass is 35.5. The summed E-state index contributed by atoms with van der Waals surface area (Å²) in [6, 6.07) is 5.12. The molecule has 2 aliphatic heterocycles.